The Morgan fingerprint density at radius 2 is 1.78 bits per heavy atom. The zero-order valence-corrected chi connectivity index (χ0v) is 15.2. The molecule has 0 aliphatic rings. The summed E-state index contributed by atoms with van der Waals surface area (Å²) in [6.07, 6.45) is 0.792. The average Bonchev–Trinajstić information content (AvgIpc) is 2.49. The van der Waals surface area contributed by atoms with Gasteiger partial charge >= 0.3 is 0 Å². The van der Waals surface area contributed by atoms with Gasteiger partial charge in [0.15, 0.2) is 0 Å². The lowest BCUT2D eigenvalue weighted by Crippen LogP contribution is -2.34. The fourth-order valence-corrected chi connectivity index (χ4v) is 1.99. The Balaban J connectivity index is 0.00000484. The van der Waals surface area contributed by atoms with Crippen molar-refractivity contribution in [3.8, 4) is 0 Å². The summed E-state index contributed by atoms with van der Waals surface area (Å²) < 4.78 is 0. The SMILES string of the molecule is CC(=O)NCc1ccc(C(=O)N(C)CCC(N)C(C)C)cc1.Cl. The van der Waals surface area contributed by atoms with Gasteiger partial charge in [-0.3, -0.25) is 9.59 Å². The minimum Gasteiger partial charge on any atom is -0.352 e. The predicted molar refractivity (Wildman–Crippen MR) is 95.6 cm³/mol. The summed E-state index contributed by atoms with van der Waals surface area (Å²) >= 11 is 0. The molecule has 6 heteroatoms. The highest BCUT2D eigenvalue weighted by molar-refractivity contribution is 5.94. The molecule has 1 unspecified atom stereocenters. The Bertz CT molecular complexity index is 503. The molecule has 0 saturated heterocycles. The fourth-order valence-electron chi connectivity index (χ4n) is 1.99. The van der Waals surface area contributed by atoms with E-state index in [-0.39, 0.29) is 30.3 Å². The van der Waals surface area contributed by atoms with Gasteiger partial charge in [-0.15, -0.1) is 12.4 Å². The number of carbonyl (C=O) groups is 2. The second-order valence-corrected chi connectivity index (χ2v) is 6.03. The first-order chi connectivity index (χ1) is 10.3. The van der Waals surface area contributed by atoms with Crippen LogP contribution in [0, 0.1) is 5.92 Å². The lowest BCUT2D eigenvalue weighted by Gasteiger charge is -2.21. The van der Waals surface area contributed by atoms with Crippen LogP contribution in [0.5, 0.6) is 0 Å². The largest absolute Gasteiger partial charge is 0.352 e. The van der Waals surface area contributed by atoms with Crippen molar-refractivity contribution >= 4 is 24.2 Å². The summed E-state index contributed by atoms with van der Waals surface area (Å²) in [6.45, 7) is 6.77. The molecule has 130 valence electrons. The van der Waals surface area contributed by atoms with Crippen LogP contribution < -0.4 is 11.1 Å². The number of nitrogens with one attached hydrogen (secondary N) is 1. The van der Waals surface area contributed by atoms with Gasteiger partial charge in [0.25, 0.3) is 5.91 Å². The molecule has 0 aromatic heterocycles. The zero-order valence-electron chi connectivity index (χ0n) is 14.3. The molecule has 2 amide bonds. The molecule has 0 fully saturated rings. The highest BCUT2D eigenvalue weighted by Gasteiger charge is 2.14. The first-order valence-electron chi connectivity index (χ1n) is 7.65. The maximum absolute atomic E-state index is 12.3. The fraction of sp³-hybridized carbons (Fsp3) is 0.529. The first-order valence-corrected chi connectivity index (χ1v) is 7.65. The van der Waals surface area contributed by atoms with Crippen molar-refractivity contribution in [1.29, 1.82) is 0 Å². The Labute approximate surface area is 145 Å². The number of halogens is 1. The van der Waals surface area contributed by atoms with Crippen molar-refractivity contribution in [1.82, 2.24) is 10.2 Å². The summed E-state index contributed by atoms with van der Waals surface area (Å²) in [6, 6.07) is 7.40. The second-order valence-electron chi connectivity index (χ2n) is 6.03. The van der Waals surface area contributed by atoms with Gasteiger partial charge in [0.1, 0.15) is 0 Å². The lowest BCUT2D eigenvalue weighted by atomic mass is 10.0. The predicted octanol–water partition coefficient (Wildman–Crippen LogP) is 2.19. The molecule has 0 bridgehead atoms. The number of hydrogen-bond acceptors (Lipinski definition) is 3. The molecule has 5 nitrogen and oxygen atoms in total. The number of amides is 2. The molecular weight excluding hydrogens is 314 g/mol. The van der Waals surface area contributed by atoms with Crippen molar-refractivity contribution in [3.63, 3.8) is 0 Å². The van der Waals surface area contributed by atoms with Crippen molar-refractivity contribution < 1.29 is 9.59 Å². The van der Waals surface area contributed by atoms with E-state index in [4.69, 9.17) is 5.73 Å². The van der Waals surface area contributed by atoms with Crippen molar-refractivity contribution in [3.05, 3.63) is 35.4 Å². The standard InChI is InChI=1S/C17H27N3O2.ClH/c1-12(2)16(18)9-10-20(4)17(22)15-7-5-14(6-8-15)11-19-13(3)21;/h5-8,12,16H,9-11,18H2,1-4H3,(H,19,21);1H. The van der Waals surface area contributed by atoms with Crippen molar-refractivity contribution in [2.75, 3.05) is 13.6 Å². The molecule has 1 aromatic carbocycles. The van der Waals surface area contributed by atoms with Gasteiger partial charge in [0.05, 0.1) is 0 Å². The third-order valence-corrected chi connectivity index (χ3v) is 3.74. The van der Waals surface area contributed by atoms with Crippen LogP contribution in [0.4, 0.5) is 0 Å². The van der Waals surface area contributed by atoms with E-state index in [9.17, 15) is 9.59 Å². The molecule has 0 saturated carbocycles. The molecule has 1 atom stereocenters. The van der Waals surface area contributed by atoms with Crippen LogP contribution in [0.2, 0.25) is 0 Å². The molecule has 0 heterocycles. The van der Waals surface area contributed by atoms with Crippen LogP contribution in [0.1, 0.15) is 43.1 Å². The Kier molecular flexibility index (Phi) is 9.53. The van der Waals surface area contributed by atoms with Gasteiger partial charge in [0, 0.05) is 38.7 Å². The Hall–Kier alpha value is -1.59. The molecule has 23 heavy (non-hydrogen) atoms. The van der Waals surface area contributed by atoms with Gasteiger partial charge in [-0.25, -0.2) is 0 Å². The average molecular weight is 342 g/mol. The van der Waals surface area contributed by atoms with Gasteiger partial charge in [-0.2, -0.15) is 0 Å². The van der Waals surface area contributed by atoms with E-state index in [1.807, 2.05) is 12.1 Å². The summed E-state index contributed by atoms with van der Waals surface area (Å²) in [4.78, 5) is 24.9. The van der Waals surface area contributed by atoms with Gasteiger partial charge in [-0.1, -0.05) is 26.0 Å². The quantitative estimate of drug-likeness (QED) is 0.798. The maximum Gasteiger partial charge on any atom is 0.253 e. The number of benzene rings is 1. The summed E-state index contributed by atoms with van der Waals surface area (Å²) in [5.41, 5.74) is 7.62. The van der Waals surface area contributed by atoms with E-state index in [2.05, 4.69) is 19.2 Å². The third kappa shape index (κ3) is 7.48. The van der Waals surface area contributed by atoms with Crippen LogP contribution >= 0.6 is 12.4 Å². The number of nitrogens with two attached hydrogens (primary N) is 1. The van der Waals surface area contributed by atoms with Gasteiger partial charge < -0.3 is 16.0 Å². The zero-order chi connectivity index (χ0) is 16.7. The Morgan fingerprint density at radius 1 is 1.22 bits per heavy atom. The normalized spacial score (nSPS) is 11.6. The lowest BCUT2D eigenvalue weighted by molar-refractivity contribution is -0.119. The summed E-state index contributed by atoms with van der Waals surface area (Å²) in [5.74, 6) is 0.333. The number of rotatable bonds is 7. The summed E-state index contributed by atoms with van der Waals surface area (Å²) in [5, 5.41) is 2.73. The maximum atomic E-state index is 12.3. The minimum atomic E-state index is -0.0682. The minimum absolute atomic E-state index is 0. The third-order valence-electron chi connectivity index (χ3n) is 3.74. The van der Waals surface area contributed by atoms with Crippen LogP contribution in [0.15, 0.2) is 24.3 Å². The topological polar surface area (TPSA) is 75.4 Å². The monoisotopic (exact) mass is 341 g/mol. The van der Waals surface area contributed by atoms with E-state index in [1.54, 1.807) is 24.1 Å². The molecule has 0 radical (unpaired) electrons. The van der Waals surface area contributed by atoms with E-state index in [0.717, 1.165) is 12.0 Å². The molecule has 1 aromatic rings. The molecular formula is C17H28ClN3O2. The second kappa shape index (κ2) is 10.2. The van der Waals surface area contributed by atoms with Crippen LogP contribution in [-0.2, 0) is 11.3 Å². The molecule has 0 spiro atoms. The molecule has 0 aliphatic carbocycles. The van der Waals surface area contributed by atoms with Crippen LogP contribution in [0.3, 0.4) is 0 Å². The Morgan fingerprint density at radius 3 is 2.26 bits per heavy atom. The highest BCUT2D eigenvalue weighted by atomic mass is 35.5. The van der Waals surface area contributed by atoms with Crippen LogP contribution in [0.25, 0.3) is 0 Å². The molecule has 0 aliphatic heterocycles. The van der Waals surface area contributed by atoms with Crippen molar-refractivity contribution in [2.24, 2.45) is 11.7 Å². The van der Waals surface area contributed by atoms with Gasteiger partial charge in [0.2, 0.25) is 5.91 Å². The summed E-state index contributed by atoms with van der Waals surface area (Å²) in [7, 11) is 1.79. The molecule has 3 N–H and O–H groups in total. The number of hydrogen-bond donors (Lipinski definition) is 2. The number of nitrogens with zero attached hydrogens (tertiary/aromatic N) is 1. The van der Waals surface area contributed by atoms with E-state index < -0.39 is 0 Å². The van der Waals surface area contributed by atoms with E-state index in [1.165, 1.54) is 6.92 Å². The number of carbonyl (C=O) groups excluding carboxylic acids is 2. The van der Waals surface area contributed by atoms with E-state index in [0.29, 0.717) is 24.6 Å². The van der Waals surface area contributed by atoms with Gasteiger partial charge in [-0.05, 0) is 30.0 Å². The smallest absolute Gasteiger partial charge is 0.253 e. The molecule has 1 rings (SSSR count). The highest BCUT2D eigenvalue weighted by Crippen LogP contribution is 2.09. The van der Waals surface area contributed by atoms with E-state index >= 15 is 0 Å². The van der Waals surface area contributed by atoms with Crippen molar-refractivity contribution in [2.45, 2.75) is 39.8 Å². The first kappa shape index (κ1) is 21.4. The van der Waals surface area contributed by atoms with Crippen LogP contribution in [-0.4, -0.2) is 36.3 Å².